The number of fused-ring (bicyclic) bond motifs is 1. The lowest BCUT2D eigenvalue weighted by molar-refractivity contribution is 0.262. The van der Waals surface area contributed by atoms with E-state index in [0.717, 1.165) is 28.1 Å². The minimum Gasteiger partial charge on any atom is -0.368 e. The average molecular weight is 429 g/mol. The van der Waals surface area contributed by atoms with E-state index in [1.807, 2.05) is 7.05 Å². The van der Waals surface area contributed by atoms with Crippen LogP contribution in [0.3, 0.4) is 0 Å². The Labute approximate surface area is 175 Å². The molecular formula is C18H17ClN8OS. The fourth-order valence-corrected chi connectivity index (χ4v) is 3.74. The van der Waals surface area contributed by atoms with Crippen LogP contribution in [0.25, 0.3) is 11.0 Å². The molecule has 2 amide bonds. The van der Waals surface area contributed by atoms with Gasteiger partial charge < -0.3 is 10.6 Å². The van der Waals surface area contributed by atoms with Gasteiger partial charge in [0.05, 0.1) is 6.20 Å². The third-order valence-corrected chi connectivity index (χ3v) is 5.26. The van der Waals surface area contributed by atoms with Crippen LogP contribution in [0.1, 0.15) is 4.88 Å². The van der Waals surface area contributed by atoms with Crippen LogP contribution >= 0.6 is 22.9 Å². The third-order valence-electron chi connectivity index (χ3n) is 4.05. The standard InChI is InChI=1S/C18H17ClN8OS/c1-27-15-14(9-24-27)22-10-23-16(15)20-6-5-13-8-21-18(29-13)26-17(28)25-12-4-2-3-11(19)7-12/h2-4,7-10H,5-6H2,1H3,(H,20,22,23)(H2,21,25,26,28). The summed E-state index contributed by atoms with van der Waals surface area (Å²) in [5.41, 5.74) is 2.26. The molecule has 0 atom stereocenters. The largest absolute Gasteiger partial charge is 0.368 e. The van der Waals surface area contributed by atoms with Gasteiger partial charge in [-0.1, -0.05) is 17.7 Å². The number of halogens is 1. The molecule has 0 saturated carbocycles. The van der Waals surface area contributed by atoms with Crippen LogP contribution < -0.4 is 16.0 Å². The number of urea groups is 1. The molecule has 0 saturated heterocycles. The van der Waals surface area contributed by atoms with Gasteiger partial charge >= 0.3 is 6.03 Å². The topological polar surface area (TPSA) is 110 Å². The lowest BCUT2D eigenvalue weighted by atomic mass is 10.3. The van der Waals surface area contributed by atoms with E-state index in [1.165, 1.54) is 17.7 Å². The van der Waals surface area contributed by atoms with Crippen LogP contribution in [0.2, 0.25) is 5.02 Å². The van der Waals surface area contributed by atoms with Crippen LogP contribution in [-0.4, -0.2) is 37.3 Å². The second-order valence-corrected chi connectivity index (χ2v) is 7.67. The number of thiazole rings is 1. The zero-order valence-electron chi connectivity index (χ0n) is 15.4. The number of benzene rings is 1. The molecule has 4 rings (SSSR count). The van der Waals surface area contributed by atoms with Crippen molar-refractivity contribution in [3.05, 3.63) is 52.9 Å². The monoisotopic (exact) mass is 428 g/mol. The van der Waals surface area contributed by atoms with Crippen molar-refractivity contribution in [2.24, 2.45) is 7.05 Å². The highest BCUT2D eigenvalue weighted by Gasteiger charge is 2.10. The number of amides is 2. The van der Waals surface area contributed by atoms with Gasteiger partial charge in [-0.15, -0.1) is 11.3 Å². The molecule has 1 aromatic carbocycles. The Kier molecular flexibility index (Phi) is 5.54. The molecule has 4 aromatic rings. The first-order chi connectivity index (χ1) is 14.1. The molecule has 3 heterocycles. The van der Waals surface area contributed by atoms with Gasteiger partial charge in [0.15, 0.2) is 10.9 Å². The quantitative estimate of drug-likeness (QED) is 0.431. The molecule has 0 radical (unpaired) electrons. The maximum absolute atomic E-state index is 12.1. The van der Waals surface area contributed by atoms with Crippen molar-refractivity contribution in [2.45, 2.75) is 6.42 Å². The molecule has 29 heavy (non-hydrogen) atoms. The van der Waals surface area contributed by atoms with E-state index in [-0.39, 0.29) is 6.03 Å². The molecule has 0 aliphatic carbocycles. The van der Waals surface area contributed by atoms with Crippen molar-refractivity contribution < 1.29 is 4.79 Å². The van der Waals surface area contributed by atoms with E-state index in [1.54, 1.807) is 41.3 Å². The number of nitrogens with one attached hydrogen (secondary N) is 3. The Morgan fingerprint density at radius 2 is 2.10 bits per heavy atom. The summed E-state index contributed by atoms with van der Waals surface area (Å²) in [6, 6.07) is 6.57. The molecule has 148 valence electrons. The number of aryl methyl sites for hydroxylation is 1. The first-order valence-corrected chi connectivity index (χ1v) is 9.93. The van der Waals surface area contributed by atoms with Gasteiger partial charge in [-0.2, -0.15) is 5.10 Å². The average Bonchev–Trinajstić information content (AvgIpc) is 3.29. The number of aromatic nitrogens is 5. The molecular weight excluding hydrogens is 412 g/mol. The van der Waals surface area contributed by atoms with E-state index in [4.69, 9.17) is 11.6 Å². The van der Waals surface area contributed by atoms with Crippen LogP contribution in [0.5, 0.6) is 0 Å². The summed E-state index contributed by atoms with van der Waals surface area (Å²) >= 11 is 7.34. The second-order valence-electron chi connectivity index (χ2n) is 6.12. The third kappa shape index (κ3) is 4.61. The van der Waals surface area contributed by atoms with Crippen molar-refractivity contribution in [2.75, 3.05) is 22.5 Å². The zero-order chi connectivity index (χ0) is 20.2. The van der Waals surface area contributed by atoms with Crippen LogP contribution in [0.15, 0.2) is 43.0 Å². The lowest BCUT2D eigenvalue weighted by Crippen LogP contribution is -2.19. The van der Waals surface area contributed by atoms with Crippen molar-refractivity contribution in [3.63, 3.8) is 0 Å². The van der Waals surface area contributed by atoms with E-state index in [9.17, 15) is 4.79 Å². The van der Waals surface area contributed by atoms with Gasteiger partial charge in [0.25, 0.3) is 0 Å². The first kappa shape index (κ1) is 19.1. The number of rotatable bonds is 6. The van der Waals surface area contributed by atoms with E-state index < -0.39 is 0 Å². The Balaban J connectivity index is 1.31. The predicted octanol–water partition coefficient (Wildman–Crippen LogP) is 3.77. The molecule has 0 aliphatic heterocycles. The zero-order valence-corrected chi connectivity index (χ0v) is 17.0. The van der Waals surface area contributed by atoms with Gasteiger partial charge in [-0.05, 0) is 18.2 Å². The Morgan fingerprint density at radius 1 is 1.21 bits per heavy atom. The van der Waals surface area contributed by atoms with Crippen molar-refractivity contribution >= 4 is 56.6 Å². The molecule has 11 heteroatoms. The molecule has 3 N–H and O–H groups in total. The maximum atomic E-state index is 12.1. The van der Waals surface area contributed by atoms with Gasteiger partial charge in [0.2, 0.25) is 0 Å². The summed E-state index contributed by atoms with van der Waals surface area (Å²) in [5, 5.41) is 14.0. The highest BCUT2D eigenvalue weighted by Crippen LogP contribution is 2.21. The molecule has 0 aliphatic rings. The minimum atomic E-state index is -0.370. The summed E-state index contributed by atoms with van der Waals surface area (Å²) in [5.74, 6) is 0.735. The molecule has 0 fully saturated rings. The van der Waals surface area contributed by atoms with Gasteiger partial charge in [0, 0.05) is 41.8 Å². The van der Waals surface area contributed by atoms with Crippen molar-refractivity contribution in [1.29, 1.82) is 0 Å². The van der Waals surface area contributed by atoms with Gasteiger partial charge in [-0.25, -0.2) is 19.7 Å². The number of hydrogen-bond acceptors (Lipinski definition) is 7. The SMILES string of the molecule is Cn1ncc2ncnc(NCCc3cnc(NC(=O)Nc4cccc(Cl)c4)s3)c21. The second kappa shape index (κ2) is 8.41. The Hall–Kier alpha value is -3.24. The fourth-order valence-electron chi connectivity index (χ4n) is 2.74. The van der Waals surface area contributed by atoms with Crippen molar-refractivity contribution in [3.8, 4) is 0 Å². The number of carbonyl (C=O) groups excluding carboxylic acids is 1. The molecule has 9 nitrogen and oxygen atoms in total. The highest BCUT2D eigenvalue weighted by molar-refractivity contribution is 7.15. The number of anilines is 3. The molecule has 0 spiro atoms. The van der Waals surface area contributed by atoms with Crippen LogP contribution in [-0.2, 0) is 13.5 Å². The van der Waals surface area contributed by atoms with Crippen LogP contribution in [0, 0.1) is 0 Å². The summed E-state index contributed by atoms with van der Waals surface area (Å²) < 4.78 is 1.74. The highest BCUT2D eigenvalue weighted by atomic mass is 35.5. The van der Waals surface area contributed by atoms with E-state index >= 15 is 0 Å². The smallest absolute Gasteiger partial charge is 0.325 e. The van der Waals surface area contributed by atoms with Crippen LogP contribution in [0.4, 0.5) is 21.4 Å². The predicted molar refractivity (Wildman–Crippen MR) is 115 cm³/mol. The number of hydrogen-bond donors (Lipinski definition) is 3. The summed E-state index contributed by atoms with van der Waals surface area (Å²) in [7, 11) is 1.85. The Bertz CT molecular complexity index is 1160. The number of carbonyl (C=O) groups is 1. The maximum Gasteiger partial charge on any atom is 0.325 e. The van der Waals surface area contributed by atoms with Crippen molar-refractivity contribution in [1.82, 2.24) is 24.7 Å². The summed E-state index contributed by atoms with van der Waals surface area (Å²) in [6.45, 7) is 0.660. The fraction of sp³-hybridized carbons (Fsp3) is 0.167. The van der Waals surface area contributed by atoms with Gasteiger partial charge in [-0.3, -0.25) is 10.00 Å². The molecule has 3 aromatic heterocycles. The van der Waals surface area contributed by atoms with E-state index in [2.05, 4.69) is 36.0 Å². The normalized spacial score (nSPS) is 10.8. The van der Waals surface area contributed by atoms with Gasteiger partial charge in [0.1, 0.15) is 17.4 Å². The molecule has 0 bridgehead atoms. The summed E-state index contributed by atoms with van der Waals surface area (Å²) in [6.07, 6.45) is 5.71. The lowest BCUT2D eigenvalue weighted by Gasteiger charge is -2.06. The number of nitrogens with zero attached hydrogens (tertiary/aromatic N) is 5. The van der Waals surface area contributed by atoms with E-state index in [0.29, 0.717) is 22.4 Å². The molecule has 0 unspecified atom stereocenters. The Morgan fingerprint density at radius 3 is 2.97 bits per heavy atom. The summed E-state index contributed by atoms with van der Waals surface area (Å²) in [4.78, 5) is 25.9. The first-order valence-electron chi connectivity index (χ1n) is 8.73. The minimum absolute atomic E-state index is 0.370.